The van der Waals surface area contributed by atoms with Gasteiger partial charge in [-0.3, -0.25) is 9.36 Å². The first-order valence-corrected chi connectivity index (χ1v) is 11.4. The lowest BCUT2D eigenvalue weighted by Gasteiger charge is -2.12. The van der Waals surface area contributed by atoms with Crippen molar-refractivity contribution in [3.8, 4) is 22.8 Å². The highest BCUT2D eigenvalue weighted by atomic mass is 32.2. The number of hydrogen-bond donors (Lipinski definition) is 1. The van der Waals surface area contributed by atoms with Crippen molar-refractivity contribution in [3.63, 3.8) is 0 Å². The largest absolute Gasteiger partial charge is 0.496 e. The number of carbonyl (C=O) groups is 1. The smallest absolute Gasteiger partial charge is 0.225 e. The molecule has 1 aromatic heterocycles. The Bertz CT molecular complexity index is 1240. The van der Waals surface area contributed by atoms with E-state index in [0.717, 1.165) is 16.8 Å². The molecule has 0 saturated heterocycles. The zero-order chi connectivity index (χ0) is 23.2. The quantitative estimate of drug-likeness (QED) is 0.350. The molecule has 0 unspecified atom stereocenters. The summed E-state index contributed by atoms with van der Waals surface area (Å²) in [6.07, 6.45) is 0.271. The summed E-state index contributed by atoms with van der Waals surface area (Å²) in [5.41, 5.74) is 3.46. The van der Waals surface area contributed by atoms with Gasteiger partial charge in [0.1, 0.15) is 11.6 Å². The molecule has 8 heteroatoms. The van der Waals surface area contributed by atoms with Gasteiger partial charge in [-0.25, -0.2) is 4.39 Å². The molecule has 3 aromatic carbocycles. The normalized spacial score (nSPS) is 10.8. The van der Waals surface area contributed by atoms with Crippen LogP contribution >= 0.6 is 11.8 Å². The molecule has 4 rings (SSSR count). The molecule has 1 N–H and O–H groups in total. The van der Waals surface area contributed by atoms with Gasteiger partial charge >= 0.3 is 0 Å². The summed E-state index contributed by atoms with van der Waals surface area (Å²) in [6, 6.07) is 21.5. The number of aromatic nitrogens is 3. The molecule has 0 radical (unpaired) electrons. The number of carbonyl (C=O) groups excluding carboxylic acids is 1. The van der Waals surface area contributed by atoms with E-state index in [1.165, 1.54) is 36.0 Å². The van der Waals surface area contributed by atoms with Crippen LogP contribution in [0.5, 0.6) is 5.75 Å². The lowest BCUT2D eigenvalue weighted by atomic mass is 10.1. The number of ether oxygens (including phenoxy) is 1. The van der Waals surface area contributed by atoms with Crippen molar-refractivity contribution in [1.29, 1.82) is 0 Å². The Labute approximate surface area is 195 Å². The van der Waals surface area contributed by atoms with Crippen molar-refractivity contribution in [1.82, 2.24) is 14.8 Å². The lowest BCUT2D eigenvalue weighted by Crippen LogP contribution is -2.12. The zero-order valence-electron chi connectivity index (χ0n) is 18.3. The van der Waals surface area contributed by atoms with Crippen LogP contribution in [0.25, 0.3) is 17.1 Å². The predicted octanol–water partition coefficient (Wildman–Crippen LogP) is 5.51. The fourth-order valence-corrected chi connectivity index (χ4v) is 4.18. The van der Waals surface area contributed by atoms with Crippen molar-refractivity contribution in [2.45, 2.75) is 18.5 Å². The van der Waals surface area contributed by atoms with Crippen LogP contribution in [-0.4, -0.2) is 33.5 Å². The van der Waals surface area contributed by atoms with Gasteiger partial charge in [0.25, 0.3) is 0 Å². The lowest BCUT2D eigenvalue weighted by molar-refractivity contribution is -0.115. The fourth-order valence-electron chi connectivity index (χ4n) is 3.29. The number of methoxy groups -OCH3 is 1. The van der Waals surface area contributed by atoms with E-state index in [0.29, 0.717) is 28.2 Å². The molecule has 0 aliphatic carbocycles. The first-order valence-electron chi connectivity index (χ1n) is 10.4. The number of nitrogens with zero attached hydrogens (tertiary/aromatic N) is 3. The van der Waals surface area contributed by atoms with E-state index >= 15 is 0 Å². The van der Waals surface area contributed by atoms with E-state index in [4.69, 9.17) is 4.74 Å². The van der Waals surface area contributed by atoms with Crippen molar-refractivity contribution in [3.05, 3.63) is 84.2 Å². The summed E-state index contributed by atoms with van der Waals surface area (Å²) in [7, 11) is 1.63. The number of benzene rings is 3. The number of hydrogen-bond acceptors (Lipinski definition) is 5. The predicted molar refractivity (Wildman–Crippen MR) is 128 cm³/mol. The van der Waals surface area contributed by atoms with Crippen LogP contribution < -0.4 is 10.1 Å². The number of anilines is 1. The fraction of sp³-hybridized carbons (Fsp3) is 0.160. The zero-order valence-corrected chi connectivity index (χ0v) is 19.1. The summed E-state index contributed by atoms with van der Waals surface area (Å²) in [5, 5.41) is 12.3. The van der Waals surface area contributed by atoms with E-state index in [2.05, 4.69) is 15.5 Å². The molecule has 168 valence electrons. The number of aryl methyl sites for hydroxylation is 1. The molecule has 0 bridgehead atoms. The summed E-state index contributed by atoms with van der Waals surface area (Å²) < 4.78 is 20.6. The maximum absolute atomic E-state index is 13.0. The third-order valence-corrected chi connectivity index (χ3v) is 5.89. The van der Waals surface area contributed by atoms with Gasteiger partial charge in [0, 0.05) is 23.5 Å². The topological polar surface area (TPSA) is 69.0 Å². The van der Waals surface area contributed by atoms with Gasteiger partial charge in [-0.15, -0.1) is 10.2 Å². The molecule has 0 atom stereocenters. The summed E-state index contributed by atoms with van der Waals surface area (Å²) >= 11 is 1.44. The Morgan fingerprint density at radius 1 is 1.03 bits per heavy atom. The van der Waals surface area contributed by atoms with Gasteiger partial charge in [-0.1, -0.05) is 41.6 Å². The Hall–Kier alpha value is -3.65. The van der Waals surface area contributed by atoms with Crippen molar-refractivity contribution in [2.75, 3.05) is 18.2 Å². The third kappa shape index (κ3) is 5.40. The second-order valence-electron chi connectivity index (χ2n) is 7.33. The average molecular weight is 463 g/mol. The maximum Gasteiger partial charge on any atom is 0.225 e. The SMILES string of the molecule is COc1ccccc1-c1nnc(SCCC(=O)Nc2ccc(F)cc2)n1-c1ccc(C)cc1. The number of halogens is 1. The highest BCUT2D eigenvalue weighted by Gasteiger charge is 2.19. The van der Waals surface area contributed by atoms with E-state index < -0.39 is 0 Å². The number of nitrogens with one attached hydrogen (secondary N) is 1. The molecule has 0 aliphatic rings. The van der Waals surface area contributed by atoms with Gasteiger partial charge in [-0.2, -0.15) is 0 Å². The van der Waals surface area contributed by atoms with Crippen LogP contribution in [-0.2, 0) is 4.79 Å². The number of rotatable bonds is 8. The molecular weight excluding hydrogens is 439 g/mol. The van der Waals surface area contributed by atoms with Crippen LogP contribution in [0.4, 0.5) is 10.1 Å². The first kappa shape index (κ1) is 22.5. The number of amides is 1. The Morgan fingerprint density at radius 2 is 1.76 bits per heavy atom. The third-order valence-electron chi connectivity index (χ3n) is 4.96. The van der Waals surface area contributed by atoms with E-state index in [1.54, 1.807) is 7.11 Å². The maximum atomic E-state index is 13.0. The van der Waals surface area contributed by atoms with E-state index in [1.807, 2.05) is 60.0 Å². The molecular formula is C25H23FN4O2S. The van der Waals surface area contributed by atoms with Crippen LogP contribution in [0.2, 0.25) is 0 Å². The summed E-state index contributed by atoms with van der Waals surface area (Å²) in [6.45, 7) is 2.03. The highest BCUT2D eigenvalue weighted by Crippen LogP contribution is 2.33. The average Bonchev–Trinajstić information content (AvgIpc) is 3.24. The first-order chi connectivity index (χ1) is 16.0. The van der Waals surface area contributed by atoms with Gasteiger partial charge < -0.3 is 10.1 Å². The van der Waals surface area contributed by atoms with Crippen molar-refractivity contribution >= 4 is 23.4 Å². The summed E-state index contributed by atoms with van der Waals surface area (Å²) in [4.78, 5) is 12.3. The van der Waals surface area contributed by atoms with Gasteiger partial charge in [0.05, 0.1) is 12.7 Å². The Kier molecular flexibility index (Phi) is 7.04. The minimum absolute atomic E-state index is 0.152. The van der Waals surface area contributed by atoms with Crippen molar-refractivity contribution in [2.24, 2.45) is 0 Å². The second-order valence-corrected chi connectivity index (χ2v) is 8.39. The van der Waals surface area contributed by atoms with Crippen LogP contribution in [0.15, 0.2) is 78.0 Å². The summed E-state index contributed by atoms with van der Waals surface area (Å²) in [5.74, 6) is 1.37. The van der Waals surface area contributed by atoms with E-state index in [-0.39, 0.29) is 18.1 Å². The van der Waals surface area contributed by atoms with Gasteiger partial charge in [-0.05, 0) is 55.5 Å². The Morgan fingerprint density at radius 3 is 2.48 bits per heavy atom. The molecule has 4 aromatic rings. The van der Waals surface area contributed by atoms with Crippen molar-refractivity contribution < 1.29 is 13.9 Å². The van der Waals surface area contributed by atoms with E-state index in [9.17, 15) is 9.18 Å². The standard InChI is InChI=1S/C25H23FN4O2S/c1-17-7-13-20(14-8-17)30-24(21-5-3-4-6-22(21)32-2)28-29-25(30)33-16-15-23(31)27-19-11-9-18(26)10-12-19/h3-14H,15-16H2,1-2H3,(H,27,31). The molecule has 33 heavy (non-hydrogen) atoms. The number of para-hydroxylation sites is 1. The minimum atomic E-state index is -0.343. The molecule has 0 spiro atoms. The molecule has 0 aliphatic heterocycles. The van der Waals surface area contributed by atoms with Crippen LogP contribution in [0.3, 0.4) is 0 Å². The van der Waals surface area contributed by atoms with Gasteiger partial charge in [0.2, 0.25) is 5.91 Å². The molecule has 1 heterocycles. The molecule has 1 amide bonds. The highest BCUT2D eigenvalue weighted by molar-refractivity contribution is 7.99. The molecule has 6 nitrogen and oxygen atoms in total. The monoisotopic (exact) mass is 462 g/mol. The van der Waals surface area contributed by atoms with Crippen LogP contribution in [0, 0.1) is 12.7 Å². The Balaban J connectivity index is 1.55. The van der Waals surface area contributed by atoms with Crippen LogP contribution in [0.1, 0.15) is 12.0 Å². The second kappa shape index (κ2) is 10.3. The minimum Gasteiger partial charge on any atom is -0.496 e. The molecule has 0 saturated carbocycles. The number of thioether (sulfide) groups is 1. The molecule has 0 fully saturated rings. The van der Waals surface area contributed by atoms with Gasteiger partial charge in [0.15, 0.2) is 11.0 Å².